The van der Waals surface area contributed by atoms with Gasteiger partial charge >= 0.3 is 0 Å². The third-order valence-corrected chi connectivity index (χ3v) is 5.16. The lowest BCUT2D eigenvalue weighted by Gasteiger charge is -2.10. The predicted octanol–water partition coefficient (Wildman–Crippen LogP) is 4.50. The Bertz CT molecular complexity index is 710. The molecule has 0 aliphatic heterocycles. The van der Waals surface area contributed by atoms with Gasteiger partial charge in [-0.2, -0.15) is 0 Å². The average molecular weight is 395 g/mol. The lowest BCUT2D eigenvalue weighted by atomic mass is 9.98. The Hall–Kier alpha value is -1.00. The molecule has 0 fully saturated rings. The minimum atomic E-state index is 0.0309. The first-order valence-electron chi connectivity index (χ1n) is 6.61. The number of carbonyl (C=O) groups is 1. The van der Waals surface area contributed by atoms with Gasteiger partial charge in [-0.3, -0.25) is 9.78 Å². The van der Waals surface area contributed by atoms with Gasteiger partial charge < -0.3 is 0 Å². The molecule has 0 atom stereocenters. The zero-order valence-electron chi connectivity index (χ0n) is 11.0. The summed E-state index contributed by atoms with van der Waals surface area (Å²) in [6.07, 6.45) is 4.35. The third-order valence-electron chi connectivity index (χ3n) is 3.74. The van der Waals surface area contributed by atoms with Crippen molar-refractivity contribution < 1.29 is 4.79 Å². The Labute approximate surface area is 134 Å². The Morgan fingerprint density at radius 1 is 1.25 bits per heavy atom. The van der Waals surface area contributed by atoms with Crippen molar-refractivity contribution in [1.82, 2.24) is 4.98 Å². The average Bonchev–Trinajstić information content (AvgIpc) is 2.58. The molecule has 1 aromatic carbocycles. The lowest BCUT2D eigenvalue weighted by Crippen LogP contribution is -2.07. The summed E-state index contributed by atoms with van der Waals surface area (Å²) in [4.78, 5) is 17.0. The number of hydrogen-bond donors (Lipinski definition) is 0. The number of benzene rings is 1. The molecule has 1 aromatic heterocycles. The molecule has 0 amide bonds. The summed E-state index contributed by atoms with van der Waals surface area (Å²) in [5, 5.41) is 0. The highest BCUT2D eigenvalue weighted by Crippen LogP contribution is 2.32. The van der Waals surface area contributed by atoms with E-state index < -0.39 is 0 Å². The van der Waals surface area contributed by atoms with E-state index in [1.807, 2.05) is 18.2 Å². The number of carbonyl (C=O) groups excluding carboxylic acids is 1. The quantitative estimate of drug-likeness (QED) is 0.712. The van der Waals surface area contributed by atoms with Crippen LogP contribution in [0.4, 0.5) is 0 Å². The molecule has 4 heteroatoms. The van der Waals surface area contributed by atoms with Crippen LogP contribution in [0.5, 0.6) is 0 Å². The predicted molar refractivity (Wildman–Crippen MR) is 86.3 cm³/mol. The Kier molecular flexibility index (Phi) is 3.78. The topological polar surface area (TPSA) is 30.0 Å². The number of pyridine rings is 1. The molecule has 0 saturated heterocycles. The van der Waals surface area contributed by atoms with E-state index in [1.165, 1.54) is 5.56 Å². The van der Waals surface area contributed by atoms with Gasteiger partial charge in [0.15, 0.2) is 0 Å². The van der Waals surface area contributed by atoms with Crippen molar-refractivity contribution in [2.75, 3.05) is 0 Å². The van der Waals surface area contributed by atoms with Gasteiger partial charge in [-0.1, -0.05) is 35.0 Å². The third kappa shape index (κ3) is 2.25. The van der Waals surface area contributed by atoms with Crippen LogP contribution in [0.15, 0.2) is 33.3 Å². The highest BCUT2D eigenvalue weighted by molar-refractivity contribution is 9.10. The summed E-state index contributed by atoms with van der Waals surface area (Å²) in [5.74, 6) is 0.0309. The SMILES string of the molecule is CCc1ccc2c(c1Br)CCc1cc(Br)cnc1C2=O. The molecule has 0 spiro atoms. The standard InChI is InChI=1S/C16H13Br2NO/c1-2-9-3-6-13-12(14(9)18)5-4-10-7-11(17)8-19-15(10)16(13)20/h3,6-8H,2,4-5H2,1H3. The molecule has 0 N–H and O–H groups in total. The molecule has 20 heavy (non-hydrogen) atoms. The van der Waals surface area contributed by atoms with Crippen molar-refractivity contribution in [2.24, 2.45) is 0 Å². The summed E-state index contributed by atoms with van der Waals surface area (Å²) >= 11 is 7.09. The van der Waals surface area contributed by atoms with E-state index in [9.17, 15) is 4.79 Å². The van der Waals surface area contributed by atoms with E-state index in [-0.39, 0.29) is 5.78 Å². The summed E-state index contributed by atoms with van der Waals surface area (Å²) < 4.78 is 2.00. The number of halogens is 2. The van der Waals surface area contributed by atoms with Gasteiger partial charge in [-0.05, 0) is 57.9 Å². The van der Waals surface area contributed by atoms with Gasteiger partial charge in [0.1, 0.15) is 5.69 Å². The molecular formula is C16H13Br2NO. The van der Waals surface area contributed by atoms with Gasteiger partial charge in [0.25, 0.3) is 0 Å². The maximum atomic E-state index is 12.7. The van der Waals surface area contributed by atoms with Crippen LogP contribution in [0.1, 0.15) is 39.7 Å². The summed E-state index contributed by atoms with van der Waals surface area (Å²) in [5.41, 5.74) is 4.75. The second kappa shape index (κ2) is 5.41. The van der Waals surface area contributed by atoms with Gasteiger partial charge in [-0.25, -0.2) is 0 Å². The van der Waals surface area contributed by atoms with Crippen molar-refractivity contribution in [1.29, 1.82) is 0 Å². The summed E-state index contributed by atoms with van der Waals surface area (Å²) in [6.45, 7) is 2.12. The van der Waals surface area contributed by atoms with Crippen LogP contribution >= 0.6 is 31.9 Å². The number of nitrogens with zero attached hydrogens (tertiary/aromatic N) is 1. The fourth-order valence-corrected chi connectivity index (χ4v) is 3.87. The smallest absolute Gasteiger partial charge is 0.211 e. The number of hydrogen-bond acceptors (Lipinski definition) is 2. The van der Waals surface area contributed by atoms with Crippen LogP contribution in [0, 0.1) is 0 Å². The molecule has 0 saturated carbocycles. The molecule has 1 aliphatic rings. The maximum Gasteiger partial charge on any atom is 0.211 e. The van der Waals surface area contributed by atoms with Crippen molar-refractivity contribution >= 4 is 37.6 Å². The van der Waals surface area contributed by atoms with E-state index >= 15 is 0 Å². The number of rotatable bonds is 1. The Balaban J connectivity index is 2.19. The molecule has 1 heterocycles. The molecule has 2 aromatic rings. The number of aryl methyl sites for hydroxylation is 2. The maximum absolute atomic E-state index is 12.7. The van der Waals surface area contributed by atoms with E-state index in [1.54, 1.807) is 6.20 Å². The van der Waals surface area contributed by atoms with Crippen LogP contribution in [-0.4, -0.2) is 10.8 Å². The largest absolute Gasteiger partial charge is 0.287 e. The normalized spacial score (nSPS) is 13.7. The van der Waals surface area contributed by atoms with Gasteiger partial charge in [-0.15, -0.1) is 0 Å². The van der Waals surface area contributed by atoms with E-state index in [4.69, 9.17) is 0 Å². The van der Waals surface area contributed by atoms with Crippen molar-refractivity contribution in [3.63, 3.8) is 0 Å². The van der Waals surface area contributed by atoms with Crippen LogP contribution < -0.4 is 0 Å². The lowest BCUT2D eigenvalue weighted by molar-refractivity contribution is 0.103. The van der Waals surface area contributed by atoms with Crippen LogP contribution in [0.3, 0.4) is 0 Å². The van der Waals surface area contributed by atoms with Crippen molar-refractivity contribution in [3.05, 3.63) is 61.3 Å². The van der Waals surface area contributed by atoms with E-state index in [0.717, 1.165) is 44.9 Å². The van der Waals surface area contributed by atoms with Crippen molar-refractivity contribution in [3.8, 4) is 0 Å². The first-order chi connectivity index (χ1) is 9.61. The fraction of sp³-hybridized carbons (Fsp3) is 0.250. The monoisotopic (exact) mass is 393 g/mol. The molecular weight excluding hydrogens is 382 g/mol. The van der Waals surface area contributed by atoms with Crippen molar-refractivity contribution in [2.45, 2.75) is 26.2 Å². The van der Waals surface area contributed by atoms with Crippen LogP contribution in [0.2, 0.25) is 0 Å². The molecule has 0 radical (unpaired) electrons. The second-order valence-corrected chi connectivity index (χ2v) is 6.62. The molecule has 102 valence electrons. The molecule has 2 nitrogen and oxygen atoms in total. The summed E-state index contributed by atoms with van der Waals surface area (Å²) in [6, 6.07) is 5.98. The van der Waals surface area contributed by atoms with Crippen LogP contribution in [0.25, 0.3) is 0 Å². The number of aromatic nitrogens is 1. The van der Waals surface area contributed by atoms with Gasteiger partial charge in [0.05, 0.1) is 0 Å². The van der Waals surface area contributed by atoms with Gasteiger partial charge in [0.2, 0.25) is 5.78 Å². The molecule has 0 bridgehead atoms. The highest BCUT2D eigenvalue weighted by atomic mass is 79.9. The highest BCUT2D eigenvalue weighted by Gasteiger charge is 2.24. The van der Waals surface area contributed by atoms with Crippen LogP contribution in [-0.2, 0) is 19.3 Å². The number of ketones is 1. The second-order valence-electron chi connectivity index (χ2n) is 4.91. The first-order valence-corrected chi connectivity index (χ1v) is 8.19. The zero-order chi connectivity index (χ0) is 14.3. The first kappa shape index (κ1) is 14.0. The molecule has 1 aliphatic carbocycles. The Morgan fingerprint density at radius 3 is 2.80 bits per heavy atom. The Morgan fingerprint density at radius 2 is 2.05 bits per heavy atom. The molecule has 3 rings (SSSR count). The van der Waals surface area contributed by atoms with Gasteiger partial charge in [0, 0.05) is 20.7 Å². The van der Waals surface area contributed by atoms with E-state index in [2.05, 4.69) is 43.8 Å². The number of fused-ring (bicyclic) bond motifs is 2. The summed E-state index contributed by atoms with van der Waals surface area (Å²) in [7, 11) is 0. The minimum Gasteiger partial charge on any atom is -0.287 e. The molecule has 0 unspecified atom stereocenters. The fourth-order valence-electron chi connectivity index (χ4n) is 2.66. The zero-order valence-corrected chi connectivity index (χ0v) is 14.2. The van der Waals surface area contributed by atoms with E-state index in [0.29, 0.717) is 5.69 Å². The minimum absolute atomic E-state index is 0.0309.